The van der Waals surface area contributed by atoms with E-state index in [0.29, 0.717) is 0 Å². The zero-order chi connectivity index (χ0) is 33.7. The van der Waals surface area contributed by atoms with Crippen LogP contribution in [0.25, 0.3) is 77.2 Å². The van der Waals surface area contributed by atoms with Gasteiger partial charge in [-0.2, -0.15) is 0 Å². The summed E-state index contributed by atoms with van der Waals surface area (Å²) in [4.78, 5) is 2.36. The molecule has 0 N–H and O–H groups in total. The lowest BCUT2D eigenvalue weighted by molar-refractivity contribution is 1.29. The van der Waals surface area contributed by atoms with E-state index in [1.807, 2.05) is 0 Å². The molecule has 9 aromatic carbocycles. The van der Waals surface area contributed by atoms with Crippen LogP contribution in [0.3, 0.4) is 0 Å². The van der Waals surface area contributed by atoms with E-state index in [1.165, 1.54) is 77.2 Å². The van der Waals surface area contributed by atoms with Crippen LogP contribution < -0.4 is 4.90 Å². The molecule has 51 heavy (non-hydrogen) atoms. The minimum absolute atomic E-state index is 1.12. The van der Waals surface area contributed by atoms with Crippen molar-refractivity contribution in [2.45, 2.75) is 0 Å². The molecule has 0 heterocycles. The molecule has 0 aliphatic heterocycles. The van der Waals surface area contributed by atoms with E-state index in [-0.39, 0.29) is 0 Å². The maximum absolute atomic E-state index is 2.42. The molecule has 0 fully saturated rings. The predicted octanol–water partition coefficient (Wildman–Crippen LogP) is 14.1. The lowest BCUT2D eigenvalue weighted by Gasteiger charge is -2.33. The number of fused-ring (bicyclic) bond motifs is 6. The molecule has 9 aromatic rings. The van der Waals surface area contributed by atoms with Gasteiger partial charge in [0.1, 0.15) is 0 Å². The van der Waals surface area contributed by atoms with Crippen LogP contribution in [0.4, 0.5) is 17.1 Å². The summed E-state index contributed by atoms with van der Waals surface area (Å²) < 4.78 is 0. The number of benzene rings is 9. The van der Waals surface area contributed by atoms with Gasteiger partial charge in [-0.1, -0.05) is 152 Å². The smallest absolute Gasteiger partial charge is 0.0468 e. The first-order valence-corrected chi connectivity index (χ1v) is 17.6. The van der Waals surface area contributed by atoms with Crippen LogP contribution in [0, 0.1) is 0 Å². The molecule has 1 aliphatic carbocycles. The summed E-state index contributed by atoms with van der Waals surface area (Å²) in [5, 5.41) is 5.05. The second-order valence-electron chi connectivity index (χ2n) is 13.3. The Hall–Kier alpha value is -6.70. The average Bonchev–Trinajstić information content (AvgIpc) is 3.21. The van der Waals surface area contributed by atoms with Crippen LogP contribution in [0.2, 0.25) is 0 Å². The van der Waals surface area contributed by atoms with Crippen molar-refractivity contribution in [1.82, 2.24) is 0 Å². The minimum Gasteiger partial charge on any atom is -0.310 e. The van der Waals surface area contributed by atoms with Gasteiger partial charge in [-0.3, -0.25) is 0 Å². The number of nitrogens with zero attached hydrogens (tertiary/aromatic N) is 1. The predicted molar refractivity (Wildman–Crippen MR) is 217 cm³/mol. The number of hydrogen-bond acceptors (Lipinski definition) is 1. The van der Waals surface area contributed by atoms with E-state index in [1.54, 1.807) is 0 Å². The molecule has 0 radical (unpaired) electrons. The normalized spacial score (nSPS) is 11.5. The van der Waals surface area contributed by atoms with Gasteiger partial charge in [-0.05, 0) is 126 Å². The third-order valence-electron chi connectivity index (χ3n) is 10.3. The SMILES string of the molecule is c1ccc(-c2ccc(N(c3ccccc3)c3ccc4cc5c(cc4c3)-c3c-5c(-c4ccccc4)c4ccccc4c3-c3ccccc3)cc2)cc1. The Morgan fingerprint density at radius 3 is 1.22 bits per heavy atom. The number of hydrogen-bond donors (Lipinski definition) is 0. The lowest BCUT2D eigenvalue weighted by Crippen LogP contribution is -2.10. The van der Waals surface area contributed by atoms with Crippen molar-refractivity contribution >= 4 is 38.6 Å². The topological polar surface area (TPSA) is 3.24 Å². The van der Waals surface area contributed by atoms with Gasteiger partial charge in [0.15, 0.2) is 0 Å². The van der Waals surface area contributed by atoms with Gasteiger partial charge in [0.05, 0.1) is 0 Å². The standard InChI is InChI=1S/C50H33N/c1-5-15-34(16-6-1)35-25-28-41(29-26-35)51(40-21-11-4-12-22-40)42-30-27-38-32-45-46(33-39(38)31-42)50-48(37-19-9-3-10-20-37)44-24-14-13-23-43(44)47(49(45)50)36-17-7-2-8-18-36/h1-33H. The fourth-order valence-corrected chi connectivity index (χ4v) is 8.02. The fourth-order valence-electron chi connectivity index (χ4n) is 8.02. The zero-order valence-corrected chi connectivity index (χ0v) is 28.0. The summed E-state index contributed by atoms with van der Waals surface area (Å²) in [6.45, 7) is 0. The Morgan fingerprint density at radius 2 is 0.667 bits per heavy atom. The average molecular weight is 648 g/mol. The molecule has 0 spiro atoms. The van der Waals surface area contributed by atoms with Crippen LogP contribution in [-0.2, 0) is 0 Å². The Morgan fingerprint density at radius 1 is 0.255 bits per heavy atom. The first kappa shape index (κ1) is 29.2. The van der Waals surface area contributed by atoms with Crippen molar-refractivity contribution in [3.8, 4) is 55.6 Å². The second-order valence-corrected chi connectivity index (χ2v) is 13.3. The maximum Gasteiger partial charge on any atom is 0.0468 e. The van der Waals surface area contributed by atoms with E-state index >= 15 is 0 Å². The molecule has 0 bridgehead atoms. The van der Waals surface area contributed by atoms with Gasteiger partial charge < -0.3 is 4.90 Å². The Balaban J connectivity index is 1.16. The summed E-state index contributed by atoms with van der Waals surface area (Å²) in [6.07, 6.45) is 0. The zero-order valence-electron chi connectivity index (χ0n) is 28.0. The van der Waals surface area contributed by atoms with Crippen LogP contribution >= 0.6 is 0 Å². The summed E-state index contributed by atoms with van der Waals surface area (Å²) in [5.41, 5.74) is 16.3. The van der Waals surface area contributed by atoms with Gasteiger partial charge in [-0.25, -0.2) is 0 Å². The number of rotatable bonds is 6. The molecule has 0 aromatic heterocycles. The fraction of sp³-hybridized carbons (Fsp3) is 0. The van der Waals surface area contributed by atoms with Gasteiger partial charge >= 0.3 is 0 Å². The van der Waals surface area contributed by atoms with Gasteiger partial charge in [0.25, 0.3) is 0 Å². The largest absolute Gasteiger partial charge is 0.310 e. The third-order valence-corrected chi connectivity index (χ3v) is 10.3. The molecule has 0 saturated heterocycles. The summed E-state index contributed by atoms with van der Waals surface area (Å²) in [5.74, 6) is 0. The number of anilines is 3. The molecule has 1 aliphatic rings. The van der Waals surface area contributed by atoms with E-state index in [2.05, 4.69) is 205 Å². The Kier molecular flexibility index (Phi) is 6.89. The molecule has 0 amide bonds. The van der Waals surface area contributed by atoms with Gasteiger partial charge in [0.2, 0.25) is 0 Å². The van der Waals surface area contributed by atoms with Gasteiger partial charge in [0, 0.05) is 17.1 Å². The highest BCUT2D eigenvalue weighted by Gasteiger charge is 2.32. The molecule has 1 nitrogen and oxygen atoms in total. The number of para-hydroxylation sites is 1. The molecule has 0 saturated carbocycles. The quantitative estimate of drug-likeness (QED) is 0.174. The van der Waals surface area contributed by atoms with E-state index in [0.717, 1.165) is 17.1 Å². The first-order chi connectivity index (χ1) is 25.3. The van der Waals surface area contributed by atoms with Crippen molar-refractivity contribution in [3.63, 3.8) is 0 Å². The van der Waals surface area contributed by atoms with E-state index < -0.39 is 0 Å². The molecule has 0 unspecified atom stereocenters. The second kappa shape index (κ2) is 12.0. The van der Waals surface area contributed by atoms with E-state index in [9.17, 15) is 0 Å². The monoisotopic (exact) mass is 647 g/mol. The first-order valence-electron chi connectivity index (χ1n) is 17.6. The molecular weight excluding hydrogens is 615 g/mol. The third kappa shape index (κ3) is 4.86. The lowest BCUT2D eigenvalue weighted by atomic mass is 9.70. The molecule has 0 atom stereocenters. The van der Waals surface area contributed by atoms with Crippen LogP contribution in [0.5, 0.6) is 0 Å². The highest BCUT2D eigenvalue weighted by Crippen LogP contribution is 2.59. The van der Waals surface area contributed by atoms with Crippen LogP contribution in [0.15, 0.2) is 200 Å². The summed E-state index contributed by atoms with van der Waals surface area (Å²) >= 11 is 0. The molecule has 10 rings (SSSR count). The maximum atomic E-state index is 2.42. The van der Waals surface area contributed by atoms with Gasteiger partial charge in [-0.15, -0.1) is 0 Å². The summed E-state index contributed by atoms with van der Waals surface area (Å²) in [6, 6.07) is 72.6. The molecule has 1 heteroatoms. The van der Waals surface area contributed by atoms with Crippen molar-refractivity contribution in [2.24, 2.45) is 0 Å². The molecular formula is C50H33N. The van der Waals surface area contributed by atoms with Crippen LogP contribution in [-0.4, -0.2) is 0 Å². The van der Waals surface area contributed by atoms with Crippen molar-refractivity contribution in [2.75, 3.05) is 4.90 Å². The van der Waals surface area contributed by atoms with Crippen molar-refractivity contribution in [1.29, 1.82) is 0 Å². The Labute approximate surface area is 298 Å². The highest BCUT2D eigenvalue weighted by atomic mass is 15.1. The van der Waals surface area contributed by atoms with Crippen molar-refractivity contribution < 1.29 is 0 Å². The van der Waals surface area contributed by atoms with Crippen LogP contribution in [0.1, 0.15) is 0 Å². The minimum atomic E-state index is 1.12. The highest BCUT2D eigenvalue weighted by molar-refractivity contribution is 6.26. The Bertz CT molecular complexity index is 2700. The molecule has 238 valence electrons. The summed E-state index contributed by atoms with van der Waals surface area (Å²) in [7, 11) is 0. The van der Waals surface area contributed by atoms with E-state index in [4.69, 9.17) is 0 Å². The van der Waals surface area contributed by atoms with Crippen molar-refractivity contribution in [3.05, 3.63) is 200 Å².